The molecule has 1 rings (SSSR count). The average molecular weight is 670 g/mol. The van der Waals surface area contributed by atoms with Crippen LogP contribution in [0.4, 0.5) is 11.4 Å². The zero-order chi connectivity index (χ0) is 36.9. The summed E-state index contributed by atoms with van der Waals surface area (Å²) in [5, 5.41) is 36.6. The molecule has 47 heavy (non-hydrogen) atoms. The fraction of sp³-hybridized carbons (Fsp3) is 0.581. The highest BCUT2D eigenvalue weighted by atomic mass is 16.4. The van der Waals surface area contributed by atoms with Crippen LogP contribution < -0.4 is 37.2 Å². The first-order chi connectivity index (χ1) is 22.0. The molecule has 0 aliphatic carbocycles. The largest absolute Gasteiger partial charge is 0.481 e. The highest BCUT2D eigenvalue weighted by Gasteiger charge is 2.16. The van der Waals surface area contributed by atoms with Gasteiger partial charge in [0, 0.05) is 48.9 Å². The normalized spacial score (nSPS) is 11.0. The van der Waals surface area contributed by atoms with Crippen molar-refractivity contribution in [2.45, 2.75) is 59.0 Å². The van der Waals surface area contributed by atoms with Gasteiger partial charge in [-0.15, -0.1) is 0 Å². The maximum absolute atomic E-state index is 11.6. The fourth-order valence-corrected chi connectivity index (χ4v) is 3.39. The summed E-state index contributed by atoms with van der Waals surface area (Å²) in [4.78, 5) is 74.5. The lowest BCUT2D eigenvalue weighted by molar-refractivity contribution is -0.141. The third-order valence-electron chi connectivity index (χ3n) is 5.59. The number of carboxylic acid groups (broad SMARTS) is 2. The van der Waals surface area contributed by atoms with E-state index >= 15 is 0 Å². The minimum atomic E-state index is -0.988. The highest BCUT2D eigenvalue weighted by molar-refractivity contribution is 5.98. The van der Waals surface area contributed by atoms with Crippen LogP contribution in [0.25, 0.3) is 0 Å². The molecule has 2 atom stereocenters. The smallest absolute Gasteiger partial charge is 0.321 e. The van der Waals surface area contributed by atoms with Gasteiger partial charge in [-0.25, -0.2) is 0 Å². The molecule has 0 radical (unpaired) electrons. The molecule has 1 aromatic rings. The minimum absolute atomic E-state index is 0.00389. The summed E-state index contributed by atoms with van der Waals surface area (Å²) in [5.41, 5.74) is 2.00. The Morgan fingerprint density at radius 1 is 0.638 bits per heavy atom. The summed E-state index contributed by atoms with van der Waals surface area (Å²) in [6, 6.07) is 4.31. The number of nitrogens with one attached hydrogen (secondary N) is 7. The van der Waals surface area contributed by atoms with Crippen molar-refractivity contribution in [3.05, 3.63) is 23.8 Å². The molecule has 16 heteroatoms. The zero-order valence-electron chi connectivity index (χ0n) is 29.1. The van der Waals surface area contributed by atoms with Crippen LogP contribution in [0.5, 0.6) is 0 Å². The second-order valence-corrected chi connectivity index (χ2v) is 10.3. The summed E-state index contributed by atoms with van der Waals surface area (Å²) in [6.07, 6.45) is 0.324. The molecule has 0 saturated heterocycles. The van der Waals surface area contributed by atoms with Crippen LogP contribution in [0, 0.1) is 0 Å². The Hall–Kier alpha value is -4.09. The monoisotopic (exact) mass is 669 g/mol. The third-order valence-corrected chi connectivity index (χ3v) is 5.59. The molecule has 0 aromatic heterocycles. The lowest BCUT2D eigenvalue weighted by atomic mass is 10.1. The van der Waals surface area contributed by atoms with Gasteiger partial charge in [-0.2, -0.15) is 0 Å². The predicted octanol–water partition coefficient (Wildman–Crippen LogP) is 0.140. The average Bonchev–Trinajstić information content (AvgIpc) is 2.96. The number of benzene rings is 1. The van der Waals surface area contributed by atoms with E-state index in [1.54, 1.807) is 40.2 Å². The van der Waals surface area contributed by atoms with Crippen molar-refractivity contribution in [1.82, 2.24) is 26.6 Å². The van der Waals surface area contributed by atoms with Crippen LogP contribution in [0.15, 0.2) is 18.2 Å². The second-order valence-electron chi connectivity index (χ2n) is 10.3. The van der Waals surface area contributed by atoms with Gasteiger partial charge in [0.1, 0.15) is 23.4 Å². The fourth-order valence-electron chi connectivity index (χ4n) is 3.39. The Kier molecular flexibility index (Phi) is 29.5. The van der Waals surface area contributed by atoms with Crippen molar-refractivity contribution in [3.63, 3.8) is 0 Å². The van der Waals surface area contributed by atoms with E-state index in [1.807, 2.05) is 13.1 Å². The van der Waals surface area contributed by atoms with Crippen LogP contribution in [0.3, 0.4) is 0 Å². The number of hydrogen-bond donors (Lipinski definition) is 9. The summed E-state index contributed by atoms with van der Waals surface area (Å²) in [6.45, 7) is 8.14. The lowest BCUT2D eigenvalue weighted by Gasteiger charge is -2.11. The number of aliphatic carboxylic acids is 2. The molecule has 0 spiro atoms. The molecule has 0 heterocycles. The standard InChI is InChI=1S/C14H22N4O2.C7H13NO3.C6H11NO3.C4H9NO/c1-10(19)11-6-12(17-5-4-15-2)8-13(7-11)18-14(20)9-16-3;1-5(9)3-6(8-2)4-7(10)11;1-4(8)3-5(7-2)6(9)10;1-4(6)3-5-2/h6-8,15-17H,4-5,9H2,1-3H3,(H,18,20);6,8H,3-4H2,1-2H3,(H,10,11);5,7H,3H2,1-2H3,(H,9,10);5H,3H2,1-2H3. The van der Waals surface area contributed by atoms with E-state index in [1.165, 1.54) is 27.8 Å². The molecular formula is C31H55N7O9. The maximum Gasteiger partial charge on any atom is 0.321 e. The summed E-state index contributed by atoms with van der Waals surface area (Å²) < 4.78 is 0. The van der Waals surface area contributed by atoms with Crippen LogP contribution in [-0.4, -0.2) is 125 Å². The lowest BCUT2D eigenvalue weighted by Crippen LogP contribution is -2.35. The third kappa shape index (κ3) is 30.3. The Bertz CT molecular complexity index is 1110. The number of carbonyl (C=O) groups excluding carboxylic acids is 5. The van der Waals surface area contributed by atoms with Gasteiger partial charge in [-0.3, -0.25) is 33.6 Å². The molecule has 1 aromatic carbocycles. The number of amides is 1. The van der Waals surface area contributed by atoms with Gasteiger partial charge in [-0.05, 0) is 81.1 Å². The number of hydrogen-bond acceptors (Lipinski definition) is 13. The van der Waals surface area contributed by atoms with E-state index in [2.05, 4.69) is 37.2 Å². The van der Waals surface area contributed by atoms with E-state index in [0.717, 1.165) is 18.8 Å². The van der Waals surface area contributed by atoms with Gasteiger partial charge < -0.3 is 47.4 Å². The van der Waals surface area contributed by atoms with Crippen molar-refractivity contribution < 1.29 is 43.8 Å². The van der Waals surface area contributed by atoms with Gasteiger partial charge in [0.25, 0.3) is 0 Å². The Labute approximate surface area is 277 Å². The van der Waals surface area contributed by atoms with Crippen molar-refractivity contribution in [3.8, 4) is 0 Å². The summed E-state index contributed by atoms with van der Waals surface area (Å²) >= 11 is 0. The molecule has 268 valence electrons. The molecule has 2 unspecified atom stereocenters. The van der Waals surface area contributed by atoms with Gasteiger partial charge in [0.05, 0.1) is 19.5 Å². The van der Waals surface area contributed by atoms with Crippen LogP contribution in [0.1, 0.15) is 57.3 Å². The molecule has 16 nitrogen and oxygen atoms in total. The Morgan fingerprint density at radius 3 is 1.53 bits per heavy atom. The minimum Gasteiger partial charge on any atom is -0.481 e. The Balaban J connectivity index is -0.000000609. The number of ketones is 4. The van der Waals surface area contributed by atoms with Gasteiger partial charge in [0.15, 0.2) is 5.78 Å². The number of likely N-dealkylation sites (N-methyl/N-ethyl adjacent to an activating group) is 4. The summed E-state index contributed by atoms with van der Waals surface area (Å²) in [7, 11) is 8.49. The van der Waals surface area contributed by atoms with Crippen molar-refractivity contribution in [2.24, 2.45) is 0 Å². The predicted molar refractivity (Wildman–Crippen MR) is 182 cm³/mol. The first-order valence-corrected chi connectivity index (χ1v) is 14.9. The van der Waals surface area contributed by atoms with Crippen LogP contribution in [-0.2, 0) is 28.8 Å². The quantitative estimate of drug-likeness (QED) is 0.0703. The van der Waals surface area contributed by atoms with E-state index in [9.17, 15) is 33.6 Å². The topological polar surface area (TPSA) is 244 Å². The first kappa shape index (κ1) is 47.3. The number of Topliss-reactive ketones (excluding diaryl/α,β-unsaturated/α-hetero) is 4. The van der Waals surface area contributed by atoms with E-state index in [-0.39, 0.29) is 60.9 Å². The highest BCUT2D eigenvalue weighted by Crippen LogP contribution is 2.19. The molecule has 0 aliphatic heterocycles. The van der Waals surface area contributed by atoms with Crippen molar-refractivity contribution in [2.75, 3.05) is 72.1 Å². The van der Waals surface area contributed by atoms with Crippen molar-refractivity contribution in [1.29, 1.82) is 0 Å². The zero-order valence-corrected chi connectivity index (χ0v) is 29.1. The molecule has 9 N–H and O–H groups in total. The van der Waals surface area contributed by atoms with E-state index < -0.39 is 18.0 Å². The molecular weight excluding hydrogens is 614 g/mol. The van der Waals surface area contributed by atoms with E-state index in [4.69, 9.17) is 10.2 Å². The molecule has 0 bridgehead atoms. The molecule has 0 saturated carbocycles. The maximum atomic E-state index is 11.6. The van der Waals surface area contributed by atoms with Gasteiger partial charge in [0.2, 0.25) is 5.91 Å². The van der Waals surface area contributed by atoms with Crippen molar-refractivity contribution >= 4 is 52.4 Å². The van der Waals surface area contributed by atoms with Gasteiger partial charge in [-0.1, -0.05) is 0 Å². The molecule has 1 amide bonds. The second kappa shape index (κ2) is 29.3. The van der Waals surface area contributed by atoms with E-state index in [0.29, 0.717) is 17.8 Å². The van der Waals surface area contributed by atoms with Crippen LogP contribution >= 0.6 is 0 Å². The van der Waals surface area contributed by atoms with Gasteiger partial charge >= 0.3 is 11.9 Å². The molecule has 0 aliphatic rings. The number of carbonyl (C=O) groups is 7. The Morgan fingerprint density at radius 2 is 1.19 bits per heavy atom. The first-order valence-electron chi connectivity index (χ1n) is 14.9. The number of carboxylic acids is 2. The van der Waals surface area contributed by atoms with Crippen LogP contribution in [0.2, 0.25) is 0 Å². The SMILES string of the molecule is CNC(CC(C)=O)C(=O)O.CNC(CC(C)=O)CC(=O)O.CNCC(C)=O.CNCCNc1cc(NC(=O)CNC)cc(C(C)=O)c1. The molecule has 0 fully saturated rings. The number of rotatable bonds is 19. The summed E-state index contributed by atoms with van der Waals surface area (Å²) in [5.74, 6) is -1.99. The number of anilines is 2.